The Morgan fingerprint density at radius 3 is 1.93 bits per heavy atom. The van der Waals surface area contributed by atoms with Gasteiger partial charge in [0.05, 0.1) is 0 Å². The molecule has 1 unspecified atom stereocenters. The summed E-state index contributed by atoms with van der Waals surface area (Å²) >= 11 is 0. The van der Waals surface area contributed by atoms with Crippen LogP contribution in [0.3, 0.4) is 0 Å². The molecule has 0 amide bonds. The van der Waals surface area contributed by atoms with E-state index in [1.165, 1.54) is 0 Å². The lowest BCUT2D eigenvalue weighted by atomic mass is 10.3. The third-order valence-corrected chi connectivity index (χ3v) is 2.45. The van der Waals surface area contributed by atoms with Crippen molar-refractivity contribution in [3.63, 3.8) is 0 Å². The number of likely N-dealkylation sites (N-methyl/N-ethyl adjacent to an activating group) is 1. The monoisotopic (exact) mass is 281 g/mol. The Hall–Kier alpha value is 0.710. The standard InChI is InChI=1S/C8H19N3O.3ClH/c1-3-8(12-9)11-6-4-10(2)5-7-11;;;/h8H,3-7,9H2,1-2H3;3*1H. The molecule has 1 aliphatic rings. The van der Waals surface area contributed by atoms with Crippen LogP contribution >= 0.6 is 37.2 Å². The molecule has 1 rings (SSSR count). The molecule has 0 spiro atoms. The Morgan fingerprint density at radius 1 is 1.13 bits per heavy atom. The van der Waals surface area contributed by atoms with Crippen molar-refractivity contribution in [2.75, 3.05) is 33.2 Å². The van der Waals surface area contributed by atoms with Gasteiger partial charge in [-0.05, 0) is 13.5 Å². The number of nitrogens with two attached hydrogens (primary N) is 1. The molecule has 7 heteroatoms. The fourth-order valence-corrected chi connectivity index (χ4v) is 1.55. The minimum absolute atomic E-state index is 0. The lowest BCUT2D eigenvalue weighted by Gasteiger charge is -2.36. The number of hydrogen-bond acceptors (Lipinski definition) is 4. The molecule has 0 aromatic heterocycles. The second kappa shape index (κ2) is 11.2. The molecule has 0 aromatic rings. The molecule has 1 aliphatic heterocycles. The van der Waals surface area contributed by atoms with Crippen LogP contribution in [0.25, 0.3) is 0 Å². The molecule has 0 saturated carbocycles. The predicted molar refractivity (Wildman–Crippen MR) is 70.2 cm³/mol. The first-order valence-electron chi connectivity index (χ1n) is 4.56. The van der Waals surface area contributed by atoms with Crippen LogP contribution in [0.2, 0.25) is 0 Å². The predicted octanol–water partition coefficient (Wildman–Crippen LogP) is 1.13. The minimum atomic E-state index is 0. The minimum Gasteiger partial charge on any atom is -0.304 e. The summed E-state index contributed by atoms with van der Waals surface area (Å²) in [4.78, 5) is 9.49. The first-order chi connectivity index (χ1) is 5.77. The number of piperazine rings is 1. The van der Waals surface area contributed by atoms with Crippen LogP contribution < -0.4 is 5.90 Å². The van der Waals surface area contributed by atoms with E-state index in [2.05, 4.69) is 23.8 Å². The van der Waals surface area contributed by atoms with Gasteiger partial charge in [-0.2, -0.15) is 0 Å². The summed E-state index contributed by atoms with van der Waals surface area (Å²) in [5.41, 5.74) is 0. The van der Waals surface area contributed by atoms with E-state index in [-0.39, 0.29) is 43.4 Å². The van der Waals surface area contributed by atoms with E-state index in [0.29, 0.717) is 0 Å². The molecule has 1 saturated heterocycles. The van der Waals surface area contributed by atoms with Crippen LogP contribution in [0, 0.1) is 0 Å². The van der Waals surface area contributed by atoms with Crippen molar-refractivity contribution in [2.24, 2.45) is 5.90 Å². The lowest BCUT2D eigenvalue weighted by molar-refractivity contribution is -0.0777. The normalized spacial score (nSPS) is 19.4. The van der Waals surface area contributed by atoms with Crippen molar-refractivity contribution in [1.29, 1.82) is 0 Å². The topological polar surface area (TPSA) is 41.7 Å². The van der Waals surface area contributed by atoms with Crippen molar-refractivity contribution in [2.45, 2.75) is 19.6 Å². The third-order valence-electron chi connectivity index (χ3n) is 2.45. The summed E-state index contributed by atoms with van der Waals surface area (Å²) in [6.45, 7) is 6.44. The largest absolute Gasteiger partial charge is 0.304 e. The smallest absolute Gasteiger partial charge is 0.131 e. The Balaban J connectivity index is -0.000000480. The average molecular weight is 283 g/mol. The van der Waals surface area contributed by atoms with Crippen molar-refractivity contribution in [1.82, 2.24) is 9.80 Å². The van der Waals surface area contributed by atoms with Crippen molar-refractivity contribution in [3.05, 3.63) is 0 Å². The zero-order valence-corrected chi connectivity index (χ0v) is 11.7. The zero-order valence-electron chi connectivity index (χ0n) is 9.22. The van der Waals surface area contributed by atoms with Gasteiger partial charge in [0, 0.05) is 26.2 Å². The summed E-state index contributed by atoms with van der Waals surface area (Å²) in [7, 11) is 2.14. The fraction of sp³-hybridized carbons (Fsp3) is 1.00. The van der Waals surface area contributed by atoms with Gasteiger partial charge in [0.25, 0.3) is 0 Å². The Kier molecular flexibility index (Phi) is 15.7. The highest BCUT2D eigenvalue weighted by Gasteiger charge is 2.20. The fourth-order valence-electron chi connectivity index (χ4n) is 1.55. The summed E-state index contributed by atoms with van der Waals surface area (Å²) in [5.74, 6) is 5.19. The SMILES string of the molecule is CCC(ON)N1CCN(C)CC1.Cl.Cl.Cl. The Bertz CT molecular complexity index is 130. The molecular formula is C8H22Cl3N3O. The maximum absolute atomic E-state index is 5.19. The summed E-state index contributed by atoms with van der Waals surface area (Å²) < 4.78 is 0. The van der Waals surface area contributed by atoms with Gasteiger partial charge in [-0.25, -0.2) is 5.90 Å². The van der Waals surface area contributed by atoms with Crippen LogP contribution in [-0.2, 0) is 4.84 Å². The molecule has 96 valence electrons. The zero-order chi connectivity index (χ0) is 8.97. The Labute approximate surface area is 111 Å². The van der Waals surface area contributed by atoms with E-state index < -0.39 is 0 Å². The van der Waals surface area contributed by atoms with Crippen LogP contribution in [0.15, 0.2) is 0 Å². The quantitative estimate of drug-likeness (QED) is 0.788. The van der Waals surface area contributed by atoms with Crippen molar-refractivity contribution < 1.29 is 4.84 Å². The van der Waals surface area contributed by atoms with E-state index in [9.17, 15) is 0 Å². The van der Waals surface area contributed by atoms with Crippen LogP contribution in [-0.4, -0.2) is 49.3 Å². The molecule has 15 heavy (non-hydrogen) atoms. The van der Waals surface area contributed by atoms with Crippen molar-refractivity contribution in [3.8, 4) is 0 Å². The van der Waals surface area contributed by atoms with Gasteiger partial charge in [-0.15, -0.1) is 37.2 Å². The van der Waals surface area contributed by atoms with E-state index in [1.54, 1.807) is 0 Å². The van der Waals surface area contributed by atoms with E-state index in [1.807, 2.05) is 0 Å². The van der Waals surface area contributed by atoms with Gasteiger partial charge in [-0.3, -0.25) is 9.74 Å². The highest BCUT2D eigenvalue weighted by Crippen LogP contribution is 2.07. The van der Waals surface area contributed by atoms with E-state index >= 15 is 0 Å². The maximum Gasteiger partial charge on any atom is 0.131 e. The van der Waals surface area contributed by atoms with Gasteiger partial charge < -0.3 is 4.90 Å². The van der Waals surface area contributed by atoms with Gasteiger partial charge in [0.2, 0.25) is 0 Å². The lowest BCUT2D eigenvalue weighted by Crippen LogP contribution is -2.50. The number of rotatable bonds is 3. The first kappa shape index (κ1) is 21.0. The molecule has 1 fully saturated rings. The van der Waals surface area contributed by atoms with Crippen molar-refractivity contribution >= 4 is 37.2 Å². The third kappa shape index (κ3) is 6.79. The van der Waals surface area contributed by atoms with Crippen LogP contribution in [0.4, 0.5) is 0 Å². The molecule has 2 N–H and O–H groups in total. The molecule has 1 heterocycles. The van der Waals surface area contributed by atoms with Gasteiger partial charge in [-0.1, -0.05) is 6.92 Å². The second-order valence-corrected chi connectivity index (χ2v) is 3.34. The molecule has 1 atom stereocenters. The summed E-state index contributed by atoms with van der Waals surface area (Å²) in [6, 6.07) is 0. The first-order valence-corrected chi connectivity index (χ1v) is 4.56. The number of halogens is 3. The molecular weight excluding hydrogens is 260 g/mol. The number of hydrogen-bond donors (Lipinski definition) is 1. The van der Waals surface area contributed by atoms with Gasteiger partial charge in [0.15, 0.2) is 0 Å². The number of nitrogens with zero attached hydrogens (tertiary/aromatic N) is 2. The maximum atomic E-state index is 5.19. The summed E-state index contributed by atoms with van der Waals surface area (Å²) in [6.07, 6.45) is 1.07. The van der Waals surface area contributed by atoms with Gasteiger partial charge in [0.1, 0.15) is 6.23 Å². The molecule has 0 bridgehead atoms. The van der Waals surface area contributed by atoms with E-state index in [4.69, 9.17) is 10.7 Å². The average Bonchev–Trinajstić information content (AvgIpc) is 2.10. The van der Waals surface area contributed by atoms with E-state index in [0.717, 1.165) is 32.6 Å². The van der Waals surface area contributed by atoms with Crippen LogP contribution in [0.5, 0.6) is 0 Å². The van der Waals surface area contributed by atoms with Gasteiger partial charge >= 0.3 is 0 Å². The molecule has 4 nitrogen and oxygen atoms in total. The second-order valence-electron chi connectivity index (χ2n) is 3.34. The summed E-state index contributed by atoms with van der Waals surface area (Å²) in [5, 5.41) is 0. The molecule has 0 aliphatic carbocycles. The Morgan fingerprint density at radius 2 is 1.60 bits per heavy atom. The highest BCUT2D eigenvalue weighted by atomic mass is 35.5. The van der Waals surface area contributed by atoms with Crippen LogP contribution in [0.1, 0.15) is 13.3 Å². The highest BCUT2D eigenvalue weighted by molar-refractivity contribution is 5.86. The molecule has 0 radical (unpaired) electrons. The molecule has 0 aromatic carbocycles.